The van der Waals surface area contributed by atoms with E-state index in [1.54, 1.807) is 13.8 Å². The Morgan fingerprint density at radius 2 is 1.72 bits per heavy atom. The summed E-state index contributed by atoms with van der Waals surface area (Å²) < 4.78 is 0. The average Bonchev–Trinajstić information content (AvgIpc) is 2.35. The summed E-state index contributed by atoms with van der Waals surface area (Å²) in [7, 11) is 0. The highest BCUT2D eigenvalue weighted by atomic mass is 16.6. The molecule has 0 aliphatic heterocycles. The summed E-state index contributed by atoms with van der Waals surface area (Å²) in [6.45, 7) is 3.58. The normalized spacial score (nSPS) is 10.4. The third-order valence-corrected chi connectivity index (χ3v) is 2.64. The number of non-ortho nitro benzene ring substituents is 1. The molecule has 96 valence electrons. The monoisotopic (exact) mass is 249 g/mol. The lowest BCUT2D eigenvalue weighted by molar-refractivity contribution is -0.384. The van der Waals surface area contributed by atoms with Crippen molar-refractivity contribution >= 4 is 17.3 Å². The number of nitro benzene ring substituents is 1. The third kappa shape index (κ3) is 3.76. The Morgan fingerprint density at radius 3 is 2.17 bits per heavy atom. The van der Waals surface area contributed by atoms with Crippen LogP contribution in [-0.2, 0) is 4.79 Å². The molecule has 0 N–H and O–H groups in total. The van der Waals surface area contributed by atoms with Crippen molar-refractivity contribution in [2.45, 2.75) is 26.7 Å². The van der Waals surface area contributed by atoms with Crippen molar-refractivity contribution in [1.82, 2.24) is 0 Å². The van der Waals surface area contributed by atoms with Crippen LogP contribution < -0.4 is 0 Å². The molecule has 0 saturated heterocycles. The van der Waals surface area contributed by atoms with Crippen molar-refractivity contribution in [2.75, 3.05) is 0 Å². The third-order valence-electron chi connectivity index (χ3n) is 2.64. The molecule has 0 unspecified atom stereocenters. The first-order valence-corrected chi connectivity index (χ1v) is 5.72. The highest BCUT2D eigenvalue weighted by Crippen LogP contribution is 2.14. The number of nitro groups is 1. The average molecular weight is 249 g/mol. The predicted molar refractivity (Wildman–Crippen MR) is 66.5 cm³/mol. The molecule has 1 rings (SSSR count). The molecule has 5 heteroatoms. The Morgan fingerprint density at radius 1 is 1.17 bits per heavy atom. The second kappa shape index (κ2) is 6.05. The molecular weight excluding hydrogens is 234 g/mol. The Kier molecular flexibility index (Phi) is 4.71. The molecule has 1 aromatic carbocycles. The molecule has 18 heavy (non-hydrogen) atoms. The lowest BCUT2D eigenvalue weighted by Crippen LogP contribution is -2.09. The maximum absolute atomic E-state index is 11.7. The second-order valence-electron chi connectivity index (χ2n) is 4.35. The van der Waals surface area contributed by atoms with Gasteiger partial charge in [0.1, 0.15) is 5.78 Å². The smallest absolute Gasteiger partial charge is 0.269 e. The van der Waals surface area contributed by atoms with Crippen LogP contribution in [0.3, 0.4) is 0 Å². The molecule has 0 radical (unpaired) electrons. The topological polar surface area (TPSA) is 77.3 Å². The Bertz CT molecular complexity index is 462. The summed E-state index contributed by atoms with van der Waals surface area (Å²) in [4.78, 5) is 33.0. The molecule has 0 amide bonds. The van der Waals surface area contributed by atoms with Gasteiger partial charge in [0.05, 0.1) is 4.92 Å². The quantitative estimate of drug-likeness (QED) is 0.441. The van der Waals surface area contributed by atoms with Gasteiger partial charge >= 0.3 is 0 Å². The molecule has 0 spiro atoms. The largest absolute Gasteiger partial charge is 0.299 e. The van der Waals surface area contributed by atoms with E-state index in [9.17, 15) is 19.7 Å². The molecule has 0 aliphatic carbocycles. The van der Waals surface area contributed by atoms with E-state index >= 15 is 0 Å². The molecule has 0 atom stereocenters. The predicted octanol–water partition coefficient (Wildman–Crippen LogP) is 2.78. The van der Waals surface area contributed by atoms with Gasteiger partial charge in [-0.05, 0) is 12.1 Å². The van der Waals surface area contributed by atoms with Crippen molar-refractivity contribution in [2.24, 2.45) is 5.92 Å². The van der Waals surface area contributed by atoms with Gasteiger partial charge in [0.25, 0.3) is 5.69 Å². The van der Waals surface area contributed by atoms with Crippen LogP contribution in [0, 0.1) is 16.0 Å². The zero-order valence-corrected chi connectivity index (χ0v) is 10.4. The lowest BCUT2D eigenvalue weighted by Gasteiger charge is -2.03. The van der Waals surface area contributed by atoms with Gasteiger partial charge in [0, 0.05) is 36.5 Å². The fourth-order valence-corrected chi connectivity index (χ4v) is 1.44. The number of nitrogens with zero attached hydrogens (tertiary/aromatic N) is 1. The van der Waals surface area contributed by atoms with Crippen molar-refractivity contribution in [3.05, 3.63) is 39.9 Å². The van der Waals surface area contributed by atoms with Gasteiger partial charge in [-0.15, -0.1) is 0 Å². The summed E-state index contributed by atoms with van der Waals surface area (Å²) in [6, 6.07) is 5.41. The van der Waals surface area contributed by atoms with Gasteiger partial charge in [-0.2, -0.15) is 0 Å². The zero-order valence-electron chi connectivity index (χ0n) is 10.4. The summed E-state index contributed by atoms with van der Waals surface area (Å²) in [5.41, 5.74) is 0.349. The lowest BCUT2D eigenvalue weighted by atomic mass is 10.00. The number of Topliss-reactive ketones (excluding diaryl/α,β-unsaturated/α-hetero) is 2. The number of benzene rings is 1. The number of hydrogen-bond acceptors (Lipinski definition) is 4. The molecule has 1 aromatic rings. The highest BCUT2D eigenvalue weighted by molar-refractivity contribution is 5.98. The van der Waals surface area contributed by atoms with Crippen LogP contribution in [0.1, 0.15) is 37.0 Å². The maximum atomic E-state index is 11.7. The Hall–Kier alpha value is -2.04. The van der Waals surface area contributed by atoms with Crippen molar-refractivity contribution < 1.29 is 14.5 Å². The summed E-state index contributed by atoms with van der Waals surface area (Å²) in [5.74, 6) is -0.196. The fourth-order valence-electron chi connectivity index (χ4n) is 1.44. The second-order valence-corrected chi connectivity index (χ2v) is 4.35. The van der Waals surface area contributed by atoms with Crippen LogP contribution >= 0.6 is 0 Å². The van der Waals surface area contributed by atoms with Crippen molar-refractivity contribution in [3.8, 4) is 0 Å². The van der Waals surface area contributed by atoms with Crippen LogP contribution in [0.15, 0.2) is 24.3 Å². The van der Waals surface area contributed by atoms with Gasteiger partial charge in [-0.25, -0.2) is 0 Å². The maximum Gasteiger partial charge on any atom is 0.269 e. The molecule has 0 aliphatic rings. The highest BCUT2D eigenvalue weighted by Gasteiger charge is 2.13. The molecule has 0 saturated carbocycles. The first kappa shape index (κ1) is 14.0. The first-order chi connectivity index (χ1) is 8.41. The minimum Gasteiger partial charge on any atom is -0.299 e. The summed E-state index contributed by atoms with van der Waals surface area (Å²) in [5, 5.41) is 10.4. The standard InChI is InChI=1S/C13H15NO4/c1-9(2)12(15)7-8-13(16)10-3-5-11(6-4-10)14(17)18/h3-6,9H,7-8H2,1-2H3. The SMILES string of the molecule is CC(C)C(=O)CCC(=O)c1ccc([N+](=O)[O-])cc1. The van der Waals surface area contributed by atoms with E-state index in [1.807, 2.05) is 0 Å². The van der Waals surface area contributed by atoms with E-state index in [2.05, 4.69) is 0 Å². The number of hydrogen-bond donors (Lipinski definition) is 0. The fraction of sp³-hybridized carbons (Fsp3) is 0.385. The van der Waals surface area contributed by atoms with Gasteiger partial charge in [0.15, 0.2) is 5.78 Å². The van der Waals surface area contributed by atoms with E-state index in [4.69, 9.17) is 0 Å². The van der Waals surface area contributed by atoms with Gasteiger partial charge < -0.3 is 0 Å². The van der Waals surface area contributed by atoms with E-state index < -0.39 is 4.92 Å². The Balaban J connectivity index is 2.62. The van der Waals surface area contributed by atoms with Crippen LogP contribution in [0.25, 0.3) is 0 Å². The van der Waals surface area contributed by atoms with Crippen LogP contribution in [-0.4, -0.2) is 16.5 Å². The van der Waals surface area contributed by atoms with Crippen molar-refractivity contribution in [1.29, 1.82) is 0 Å². The number of carbonyl (C=O) groups excluding carboxylic acids is 2. The van der Waals surface area contributed by atoms with Crippen LogP contribution in [0.4, 0.5) is 5.69 Å². The van der Waals surface area contributed by atoms with Crippen molar-refractivity contribution in [3.63, 3.8) is 0 Å². The van der Waals surface area contributed by atoms with E-state index in [1.165, 1.54) is 24.3 Å². The number of ketones is 2. The number of carbonyl (C=O) groups is 2. The minimum atomic E-state index is -0.517. The van der Waals surface area contributed by atoms with E-state index in [0.29, 0.717) is 5.56 Å². The molecule has 0 bridgehead atoms. The molecule has 0 fully saturated rings. The molecule has 0 aromatic heterocycles. The molecular formula is C13H15NO4. The van der Waals surface area contributed by atoms with Gasteiger partial charge in [-0.1, -0.05) is 13.8 Å². The van der Waals surface area contributed by atoms with Crippen LogP contribution in [0.2, 0.25) is 0 Å². The van der Waals surface area contributed by atoms with Gasteiger partial charge in [0.2, 0.25) is 0 Å². The summed E-state index contributed by atoms with van der Waals surface area (Å²) in [6.07, 6.45) is 0.363. The van der Waals surface area contributed by atoms with E-state index in [-0.39, 0.29) is 36.0 Å². The summed E-state index contributed by atoms with van der Waals surface area (Å²) >= 11 is 0. The Labute approximate surface area is 105 Å². The van der Waals surface area contributed by atoms with Crippen LogP contribution in [0.5, 0.6) is 0 Å². The number of rotatable bonds is 6. The van der Waals surface area contributed by atoms with Gasteiger partial charge in [-0.3, -0.25) is 19.7 Å². The zero-order chi connectivity index (χ0) is 13.7. The first-order valence-electron chi connectivity index (χ1n) is 5.72. The minimum absolute atomic E-state index is 0.0465. The van der Waals surface area contributed by atoms with E-state index in [0.717, 1.165) is 0 Å². The molecule has 5 nitrogen and oxygen atoms in total. The molecule has 0 heterocycles.